The Morgan fingerprint density at radius 2 is 1.64 bits per heavy atom. The van der Waals surface area contributed by atoms with Crippen LogP contribution in [0.2, 0.25) is 0 Å². The molecule has 5 aromatic heterocycles. The fourth-order valence-corrected chi connectivity index (χ4v) is 11.2. The second-order valence-electron chi connectivity index (χ2n) is 19.8. The topological polar surface area (TPSA) is 159 Å². The van der Waals surface area contributed by atoms with E-state index in [4.69, 9.17) is 14.4 Å². The number of aromatic amines is 1. The molecule has 2 saturated carbocycles. The molecule has 8 aromatic rings. The molecule has 3 aromatic carbocycles. The van der Waals surface area contributed by atoms with Gasteiger partial charge in [-0.15, -0.1) is 0 Å². The van der Waals surface area contributed by atoms with Gasteiger partial charge in [0.2, 0.25) is 0 Å². The van der Waals surface area contributed by atoms with Crippen molar-refractivity contribution in [2.24, 2.45) is 13.0 Å². The van der Waals surface area contributed by atoms with Crippen molar-refractivity contribution in [2.45, 2.75) is 83.4 Å². The fraction of sp³-hybridized carbons (Fsp3) is 0.388. The van der Waals surface area contributed by atoms with Crippen LogP contribution in [0, 0.1) is 31.4 Å². The van der Waals surface area contributed by atoms with Crippen molar-refractivity contribution in [1.29, 1.82) is 0 Å². The molecule has 7 heterocycles. The predicted octanol–water partition coefficient (Wildman–Crippen LogP) is 6.87. The van der Waals surface area contributed by atoms with E-state index in [-0.39, 0.29) is 34.3 Å². The number of amides is 1. The number of aromatic nitrogens is 9. The van der Waals surface area contributed by atoms with E-state index in [9.17, 15) is 9.59 Å². The van der Waals surface area contributed by atoms with E-state index in [0.717, 1.165) is 35.1 Å². The summed E-state index contributed by atoms with van der Waals surface area (Å²) in [6, 6.07) is 14.2. The number of carbonyl (C=O) groups excluding carboxylic acids is 1. The lowest BCUT2D eigenvalue weighted by atomic mass is 9.88. The van der Waals surface area contributed by atoms with Gasteiger partial charge in [0.15, 0.2) is 11.6 Å². The Labute approximate surface area is 381 Å². The largest absolute Gasteiger partial charge is 0.438 e. The Hall–Kier alpha value is -7.08. The fourth-order valence-electron chi connectivity index (χ4n) is 11.2. The quantitative estimate of drug-likeness (QED) is 0.180. The van der Waals surface area contributed by atoms with Crippen molar-refractivity contribution < 1.29 is 22.8 Å². The number of halogens is 2. The van der Waals surface area contributed by atoms with Gasteiger partial charge in [0.1, 0.15) is 22.9 Å². The van der Waals surface area contributed by atoms with Gasteiger partial charge >= 0.3 is 11.4 Å². The van der Waals surface area contributed by atoms with Crippen LogP contribution in [0.1, 0.15) is 91.7 Å². The number of aryl methyl sites for hydroxylation is 3. The second kappa shape index (κ2) is 14.0. The average Bonchev–Trinajstić information content (AvgIpc) is 3.71. The molecule has 3 atom stereocenters. The smallest absolute Gasteiger partial charge is 0.372 e. The predicted molar refractivity (Wildman–Crippen MR) is 245 cm³/mol. The van der Waals surface area contributed by atoms with Gasteiger partial charge in [0.25, 0.3) is 5.91 Å². The maximum absolute atomic E-state index is 16.2. The Morgan fingerprint density at radius 3 is 2.33 bits per heavy atom. The van der Waals surface area contributed by atoms with Crippen molar-refractivity contribution in [2.75, 3.05) is 31.1 Å². The zero-order valence-electron chi connectivity index (χ0n) is 38.2. The summed E-state index contributed by atoms with van der Waals surface area (Å²) in [5, 5.41) is 14.8. The van der Waals surface area contributed by atoms with E-state index >= 15 is 13.6 Å². The Kier molecular flexibility index (Phi) is 8.63. The molecule has 0 radical (unpaired) electrons. The molecule has 2 aliphatic heterocycles. The van der Waals surface area contributed by atoms with Crippen molar-refractivity contribution in [3.63, 3.8) is 0 Å². The summed E-state index contributed by atoms with van der Waals surface area (Å²) in [6.45, 7) is 13.9. The lowest BCUT2D eigenvalue weighted by Crippen LogP contribution is -2.48. The molecule has 67 heavy (non-hydrogen) atoms. The third-order valence-electron chi connectivity index (χ3n) is 15.0. The molecular weight excluding hydrogens is 861 g/mol. The van der Waals surface area contributed by atoms with Crippen LogP contribution in [-0.4, -0.2) is 86.1 Å². The summed E-state index contributed by atoms with van der Waals surface area (Å²) in [5.74, 6) is -1.16. The highest BCUT2D eigenvalue weighted by molar-refractivity contribution is 6.00. The summed E-state index contributed by atoms with van der Waals surface area (Å²) in [5.41, 5.74) is 3.29. The number of imidazole rings is 1. The van der Waals surface area contributed by atoms with Gasteiger partial charge < -0.3 is 19.1 Å². The molecule has 4 aliphatic rings. The number of fused-ring (bicyclic) bond motifs is 4. The van der Waals surface area contributed by atoms with Crippen LogP contribution in [0.5, 0.6) is 0 Å². The minimum Gasteiger partial charge on any atom is -0.372 e. The summed E-state index contributed by atoms with van der Waals surface area (Å²) < 4.78 is 50.6. The van der Waals surface area contributed by atoms with E-state index in [0.29, 0.717) is 77.9 Å². The number of ether oxygens (including phenoxy) is 1. The van der Waals surface area contributed by atoms with Crippen molar-refractivity contribution in [3.05, 3.63) is 134 Å². The lowest BCUT2D eigenvalue weighted by Gasteiger charge is -2.39. The number of nitrogens with one attached hydrogen (secondary N) is 1. The molecule has 0 unspecified atom stereocenters. The van der Waals surface area contributed by atoms with E-state index < -0.39 is 34.3 Å². The maximum Gasteiger partial charge on any atom is 0.438 e. The normalized spacial score (nSPS) is 21.7. The average molecular weight is 910 g/mol. The molecule has 1 saturated heterocycles. The van der Waals surface area contributed by atoms with Gasteiger partial charge in [-0.2, -0.15) is 10.2 Å². The first-order valence-electron chi connectivity index (χ1n) is 22.7. The van der Waals surface area contributed by atoms with Gasteiger partial charge in [-0.05, 0) is 119 Å². The number of nitrogens with zero attached hydrogens (tertiary/aromatic N) is 10. The Morgan fingerprint density at radius 1 is 0.910 bits per heavy atom. The minimum atomic E-state index is -0.874. The summed E-state index contributed by atoms with van der Waals surface area (Å²) in [4.78, 5) is 50.2. The number of H-pyrrole nitrogens is 1. The summed E-state index contributed by atoms with van der Waals surface area (Å²) >= 11 is 0. The second-order valence-corrected chi connectivity index (χ2v) is 19.8. The van der Waals surface area contributed by atoms with Crippen LogP contribution in [-0.2, 0) is 22.7 Å². The third-order valence-corrected chi connectivity index (χ3v) is 15.0. The highest BCUT2D eigenvalue weighted by atomic mass is 19.1. The van der Waals surface area contributed by atoms with Crippen LogP contribution in [0.25, 0.3) is 39.0 Å². The summed E-state index contributed by atoms with van der Waals surface area (Å²) in [7, 11) is 1.72. The van der Waals surface area contributed by atoms with Crippen LogP contribution >= 0.6 is 0 Å². The number of rotatable bonds is 7. The zero-order valence-corrected chi connectivity index (χ0v) is 38.2. The SMILES string of the molecule is Cc1cc(-n2nc3c(c2-n2ccn(-c4ccc5c(cnn5C)c4F)c2=O)[C@H](C)N(C(=O)c2cc4cc(N5CCOC(C)(C)C5)ccc4n2[C@@]2(c4noc(=O)[nH]4)C[C@@H]2C)CC32CC2)cc(C)c1F. The molecule has 344 valence electrons. The number of morpholine rings is 1. The molecule has 18 heteroatoms. The molecule has 1 amide bonds. The van der Waals surface area contributed by atoms with Gasteiger partial charge in [-0.3, -0.25) is 28.1 Å². The van der Waals surface area contributed by atoms with Crippen LogP contribution in [0.3, 0.4) is 0 Å². The molecular formula is C49H49F2N11O5. The van der Waals surface area contributed by atoms with Crippen LogP contribution in [0.4, 0.5) is 14.5 Å². The van der Waals surface area contributed by atoms with E-state index in [1.165, 1.54) is 21.5 Å². The summed E-state index contributed by atoms with van der Waals surface area (Å²) in [6.07, 6.45) is 6.62. The van der Waals surface area contributed by atoms with Crippen molar-refractivity contribution in [1.82, 2.24) is 48.3 Å². The lowest BCUT2D eigenvalue weighted by molar-refractivity contribution is -0.0276. The van der Waals surface area contributed by atoms with E-state index in [1.807, 2.05) is 28.5 Å². The van der Waals surface area contributed by atoms with E-state index in [2.05, 4.69) is 53.0 Å². The molecule has 1 spiro atoms. The van der Waals surface area contributed by atoms with Gasteiger partial charge in [0, 0.05) is 66.6 Å². The number of hydrogen-bond donors (Lipinski definition) is 1. The van der Waals surface area contributed by atoms with Crippen molar-refractivity contribution >= 4 is 33.4 Å². The number of benzene rings is 3. The first-order chi connectivity index (χ1) is 32.0. The molecule has 3 fully saturated rings. The molecule has 2 aliphatic carbocycles. The third kappa shape index (κ3) is 5.96. The molecule has 1 N–H and O–H groups in total. The van der Waals surface area contributed by atoms with Crippen LogP contribution in [0.15, 0.2) is 81.2 Å². The van der Waals surface area contributed by atoms with Crippen LogP contribution < -0.4 is 16.3 Å². The van der Waals surface area contributed by atoms with Gasteiger partial charge in [-0.25, -0.2) is 23.1 Å². The van der Waals surface area contributed by atoms with E-state index in [1.54, 1.807) is 60.7 Å². The Balaban J connectivity index is 1.03. The highest BCUT2D eigenvalue weighted by Gasteiger charge is 2.60. The van der Waals surface area contributed by atoms with Gasteiger partial charge in [-0.1, -0.05) is 12.1 Å². The highest BCUT2D eigenvalue weighted by Crippen LogP contribution is 2.58. The minimum absolute atomic E-state index is 0.0117. The van der Waals surface area contributed by atoms with Crippen molar-refractivity contribution in [3.8, 4) is 17.2 Å². The zero-order chi connectivity index (χ0) is 46.6. The number of carbonyl (C=O) groups is 1. The molecule has 0 bridgehead atoms. The standard InChI is InChI=1S/C49H49F2N11O5/c1-26-18-32(19-27(2)39(26)50)62-42(59-15-14-58(46(59)65)36-11-10-35-33(40(36)51)23-52-56(35)7)38-29(4)60(25-48(12-13-48)41(38)54-62)43(63)37-21-30-20-31(57-16-17-66-47(5,6)24-57)8-9-34(30)61(37)49(22-28(49)3)44-53-45(64)67-55-44/h8-11,14-15,18-21,23,28-29H,12-13,16-17,22,24-25H2,1-7H3,(H,53,55,64)/t28-,29-,49-/m0/s1. The van der Waals surface area contributed by atoms with Gasteiger partial charge in [0.05, 0.1) is 52.4 Å². The first kappa shape index (κ1) is 41.4. The number of hydrogen-bond acceptors (Lipinski definition) is 9. The number of anilines is 1. The molecule has 12 rings (SSSR count). The Bertz CT molecular complexity index is 3500. The molecule has 16 nitrogen and oxygen atoms in total. The first-order valence-corrected chi connectivity index (χ1v) is 22.7. The monoisotopic (exact) mass is 909 g/mol. The maximum atomic E-state index is 16.2.